The van der Waals surface area contributed by atoms with Crippen molar-refractivity contribution >= 4 is 11.8 Å². The van der Waals surface area contributed by atoms with Gasteiger partial charge in [0.15, 0.2) is 0 Å². The standard InChI is InChI=1S/C24H31N3O3/c1-27(2)13-12-26-24(29)20-9-10-22-21(17-20)16-18-7-6-8-19(15-18)23(28)25-11-4-3-5-14-30-22/h6-10,15,17H,3-5,11-14,16H2,1-2H3,(H,25,28)(H,26,29). The predicted molar refractivity (Wildman–Crippen MR) is 118 cm³/mol. The van der Waals surface area contributed by atoms with E-state index in [1.54, 1.807) is 0 Å². The summed E-state index contributed by atoms with van der Waals surface area (Å²) in [4.78, 5) is 27.0. The second kappa shape index (κ2) is 10.8. The van der Waals surface area contributed by atoms with Gasteiger partial charge in [-0.2, -0.15) is 0 Å². The molecule has 6 heteroatoms. The highest BCUT2D eigenvalue weighted by Gasteiger charge is 2.13. The highest BCUT2D eigenvalue weighted by Crippen LogP contribution is 2.24. The van der Waals surface area contributed by atoms with Crippen molar-refractivity contribution in [2.24, 2.45) is 0 Å². The minimum Gasteiger partial charge on any atom is -0.493 e. The Morgan fingerprint density at radius 1 is 1.13 bits per heavy atom. The number of hydrogen-bond donors (Lipinski definition) is 2. The zero-order chi connectivity index (χ0) is 21.3. The van der Waals surface area contributed by atoms with Gasteiger partial charge in [0, 0.05) is 37.2 Å². The SMILES string of the molecule is CN(C)CCNC(=O)c1ccc2c(c1)Cc1cccc(c1)C(=O)NCCCCCO2. The van der Waals surface area contributed by atoms with Gasteiger partial charge in [-0.1, -0.05) is 12.1 Å². The molecule has 0 saturated heterocycles. The molecule has 2 N–H and O–H groups in total. The van der Waals surface area contributed by atoms with Crippen molar-refractivity contribution in [1.29, 1.82) is 0 Å². The molecule has 0 atom stereocenters. The molecule has 30 heavy (non-hydrogen) atoms. The summed E-state index contributed by atoms with van der Waals surface area (Å²) in [6.07, 6.45) is 3.43. The van der Waals surface area contributed by atoms with Gasteiger partial charge in [-0.05, 0) is 74.8 Å². The number of nitrogens with zero attached hydrogens (tertiary/aromatic N) is 1. The van der Waals surface area contributed by atoms with Gasteiger partial charge in [-0.25, -0.2) is 0 Å². The number of carbonyl (C=O) groups excluding carboxylic acids is 2. The van der Waals surface area contributed by atoms with Gasteiger partial charge >= 0.3 is 0 Å². The number of likely N-dealkylation sites (N-methyl/N-ethyl adjacent to an activating group) is 1. The highest BCUT2D eigenvalue weighted by atomic mass is 16.5. The van der Waals surface area contributed by atoms with Crippen molar-refractivity contribution in [3.05, 3.63) is 64.7 Å². The number of hydrogen-bond acceptors (Lipinski definition) is 4. The van der Waals surface area contributed by atoms with E-state index in [9.17, 15) is 9.59 Å². The van der Waals surface area contributed by atoms with Crippen molar-refractivity contribution in [2.75, 3.05) is 40.3 Å². The summed E-state index contributed by atoms with van der Waals surface area (Å²) >= 11 is 0. The molecule has 0 spiro atoms. The Labute approximate surface area is 178 Å². The van der Waals surface area contributed by atoms with Crippen LogP contribution in [0.5, 0.6) is 5.75 Å². The van der Waals surface area contributed by atoms with E-state index in [0.717, 1.165) is 42.7 Å². The molecule has 2 aromatic rings. The normalized spacial score (nSPS) is 14.8. The smallest absolute Gasteiger partial charge is 0.251 e. The first kappa shape index (κ1) is 21.8. The molecule has 2 bridgehead atoms. The number of fused-ring (bicyclic) bond motifs is 3. The fourth-order valence-corrected chi connectivity index (χ4v) is 3.43. The van der Waals surface area contributed by atoms with Crippen LogP contribution >= 0.6 is 0 Å². The van der Waals surface area contributed by atoms with Crippen LogP contribution in [0.25, 0.3) is 0 Å². The second-order valence-corrected chi connectivity index (χ2v) is 7.92. The fourth-order valence-electron chi connectivity index (χ4n) is 3.43. The zero-order valence-electron chi connectivity index (χ0n) is 17.9. The molecule has 2 amide bonds. The Morgan fingerprint density at radius 3 is 2.83 bits per heavy atom. The lowest BCUT2D eigenvalue weighted by Crippen LogP contribution is -2.31. The quantitative estimate of drug-likeness (QED) is 0.815. The molecule has 1 aliphatic rings. The van der Waals surface area contributed by atoms with Crippen LogP contribution in [0.2, 0.25) is 0 Å². The van der Waals surface area contributed by atoms with E-state index >= 15 is 0 Å². The number of ether oxygens (including phenoxy) is 1. The van der Waals surface area contributed by atoms with E-state index in [-0.39, 0.29) is 11.8 Å². The van der Waals surface area contributed by atoms with Gasteiger partial charge in [-0.15, -0.1) is 0 Å². The van der Waals surface area contributed by atoms with Gasteiger partial charge in [-0.3, -0.25) is 9.59 Å². The summed E-state index contributed by atoms with van der Waals surface area (Å²) in [5.41, 5.74) is 3.23. The molecule has 0 aromatic heterocycles. The average molecular weight is 410 g/mol. The second-order valence-electron chi connectivity index (χ2n) is 7.92. The van der Waals surface area contributed by atoms with Crippen molar-refractivity contribution < 1.29 is 14.3 Å². The Balaban J connectivity index is 1.85. The van der Waals surface area contributed by atoms with Crippen LogP contribution in [0.3, 0.4) is 0 Å². The molecule has 160 valence electrons. The van der Waals surface area contributed by atoms with Crippen molar-refractivity contribution in [1.82, 2.24) is 15.5 Å². The fraction of sp³-hybridized carbons (Fsp3) is 0.417. The van der Waals surface area contributed by atoms with Crippen LogP contribution < -0.4 is 15.4 Å². The van der Waals surface area contributed by atoms with Gasteiger partial charge in [0.2, 0.25) is 0 Å². The lowest BCUT2D eigenvalue weighted by atomic mass is 9.99. The maximum atomic E-state index is 12.6. The first-order valence-electron chi connectivity index (χ1n) is 10.6. The van der Waals surface area contributed by atoms with E-state index in [1.807, 2.05) is 61.5 Å². The maximum absolute atomic E-state index is 12.6. The number of nitrogens with one attached hydrogen (secondary N) is 2. The third kappa shape index (κ3) is 6.32. The summed E-state index contributed by atoms with van der Waals surface area (Å²) in [5.74, 6) is 0.665. The topological polar surface area (TPSA) is 70.7 Å². The number of benzene rings is 2. The van der Waals surface area contributed by atoms with E-state index < -0.39 is 0 Å². The van der Waals surface area contributed by atoms with E-state index in [0.29, 0.717) is 37.2 Å². The van der Waals surface area contributed by atoms with E-state index in [1.165, 1.54) is 0 Å². The first-order valence-corrected chi connectivity index (χ1v) is 10.6. The lowest BCUT2D eigenvalue weighted by molar-refractivity contribution is 0.0943. The highest BCUT2D eigenvalue weighted by molar-refractivity contribution is 5.95. The largest absolute Gasteiger partial charge is 0.493 e. The van der Waals surface area contributed by atoms with Crippen LogP contribution in [0.15, 0.2) is 42.5 Å². The number of rotatable bonds is 4. The van der Waals surface area contributed by atoms with Gasteiger partial charge in [0.05, 0.1) is 6.61 Å². The van der Waals surface area contributed by atoms with Crippen LogP contribution in [-0.4, -0.2) is 57.1 Å². The van der Waals surface area contributed by atoms with E-state index in [4.69, 9.17) is 4.74 Å². The molecule has 1 heterocycles. The molecular weight excluding hydrogens is 378 g/mol. The Hall–Kier alpha value is -2.86. The number of amides is 2. The summed E-state index contributed by atoms with van der Waals surface area (Å²) in [6, 6.07) is 13.2. The summed E-state index contributed by atoms with van der Waals surface area (Å²) < 4.78 is 6.05. The zero-order valence-corrected chi connectivity index (χ0v) is 17.9. The summed E-state index contributed by atoms with van der Waals surface area (Å²) in [5, 5.41) is 5.94. The van der Waals surface area contributed by atoms with Crippen LogP contribution in [0, 0.1) is 0 Å². The van der Waals surface area contributed by atoms with Gasteiger partial charge < -0.3 is 20.3 Å². The molecule has 0 fully saturated rings. The molecule has 0 radical (unpaired) electrons. The third-order valence-electron chi connectivity index (χ3n) is 5.12. The third-order valence-corrected chi connectivity index (χ3v) is 5.12. The number of carbonyl (C=O) groups is 2. The van der Waals surface area contributed by atoms with E-state index in [2.05, 4.69) is 10.6 Å². The minimum absolute atomic E-state index is 0.0422. The molecule has 1 aliphatic heterocycles. The monoisotopic (exact) mass is 409 g/mol. The summed E-state index contributed by atoms with van der Waals surface area (Å²) in [6.45, 7) is 2.67. The van der Waals surface area contributed by atoms with Crippen molar-refractivity contribution in [2.45, 2.75) is 25.7 Å². The predicted octanol–water partition coefficient (Wildman–Crippen LogP) is 2.86. The Bertz CT molecular complexity index is 880. The van der Waals surface area contributed by atoms with Gasteiger partial charge in [0.25, 0.3) is 11.8 Å². The average Bonchev–Trinajstić information content (AvgIpc) is 2.73. The van der Waals surface area contributed by atoms with Crippen LogP contribution in [0.4, 0.5) is 0 Å². The molecule has 2 aromatic carbocycles. The lowest BCUT2D eigenvalue weighted by Gasteiger charge is -2.15. The molecular formula is C24H31N3O3. The maximum Gasteiger partial charge on any atom is 0.251 e. The molecule has 6 nitrogen and oxygen atoms in total. The van der Waals surface area contributed by atoms with Crippen molar-refractivity contribution in [3.8, 4) is 5.75 Å². The minimum atomic E-state index is -0.0906. The Morgan fingerprint density at radius 2 is 2.00 bits per heavy atom. The summed E-state index contributed by atoms with van der Waals surface area (Å²) in [7, 11) is 3.95. The van der Waals surface area contributed by atoms with Crippen molar-refractivity contribution in [3.63, 3.8) is 0 Å². The van der Waals surface area contributed by atoms with Crippen LogP contribution in [-0.2, 0) is 6.42 Å². The molecule has 0 saturated carbocycles. The van der Waals surface area contributed by atoms with Crippen LogP contribution in [0.1, 0.15) is 51.1 Å². The molecule has 3 rings (SSSR count). The molecule has 0 unspecified atom stereocenters. The molecule has 0 aliphatic carbocycles. The first-order chi connectivity index (χ1) is 14.5. The van der Waals surface area contributed by atoms with Gasteiger partial charge in [0.1, 0.15) is 5.75 Å². The Kier molecular flexibility index (Phi) is 7.85.